The largest absolute Gasteiger partial charge is 0.477 e. The Morgan fingerprint density at radius 2 is 2.12 bits per heavy atom. The molecule has 0 saturated carbocycles. The maximum atomic E-state index is 11.7. The summed E-state index contributed by atoms with van der Waals surface area (Å²) in [5.74, 6) is -1.22. The van der Waals surface area contributed by atoms with Gasteiger partial charge in [0.2, 0.25) is 0 Å². The molecule has 6 heteroatoms. The number of halogens is 1. The minimum Gasteiger partial charge on any atom is -0.477 e. The van der Waals surface area contributed by atoms with Crippen molar-refractivity contribution in [2.75, 3.05) is 0 Å². The lowest BCUT2D eigenvalue weighted by Gasteiger charge is -2.04. The fourth-order valence-corrected chi connectivity index (χ4v) is 1.89. The van der Waals surface area contributed by atoms with Gasteiger partial charge >= 0.3 is 5.97 Å². The summed E-state index contributed by atoms with van der Waals surface area (Å²) in [6, 6.07) is 7.44. The number of hydrogen-bond donors (Lipinski definition) is 2. The van der Waals surface area contributed by atoms with E-state index in [1.165, 1.54) is 10.9 Å². The Kier molecular flexibility index (Phi) is 3.14. The Balaban J connectivity index is 2.35. The Morgan fingerprint density at radius 1 is 1.41 bits per heavy atom. The average molecular weight is 297 g/mol. The molecular formula is C11H9BrN2O3. The predicted molar refractivity (Wildman–Crippen MR) is 65.3 cm³/mol. The number of aromatic amines is 1. The molecule has 0 bridgehead atoms. The highest BCUT2D eigenvalue weighted by molar-refractivity contribution is 9.10. The summed E-state index contributed by atoms with van der Waals surface area (Å²) in [6.07, 6.45) is 1.20. The van der Waals surface area contributed by atoms with E-state index in [1.54, 1.807) is 0 Å². The normalized spacial score (nSPS) is 10.4. The van der Waals surface area contributed by atoms with Gasteiger partial charge in [-0.2, -0.15) is 0 Å². The smallest absolute Gasteiger partial charge is 0.342 e. The molecule has 2 aromatic rings. The number of hydrogen-bond acceptors (Lipinski definition) is 2. The van der Waals surface area contributed by atoms with Crippen LogP contribution in [-0.2, 0) is 6.54 Å². The number of nitrogens with zero attached hydrogens (tertiary/aromatic N) is 1. The number of rotatable bonds is 3. The summed E-state index contributed by atoms with van der Waals surface area (Å²) >= 11 is 3.37. The zero-order valence-electron chi connectivity index (χ0n) is 8.68. The summed E-state index contributed by atoms with van der Waals surface area (Å²) in [4.78, 5) is 22.4. The Hall–Kier alpha value is -1.82. The molecule has 1 heterocycles. The molecule has 0 aliphatic rings. The van der Waals surface area contributed by atoms with Crippen molar-refractivity contribution in [2.24, 2.45) is 0 Å². The van der Waals surface area contributed by atoms with Gasteiger partial charge in [-0.15, -0.1) is 0 Å². The zero-order valence-corrected chi connectivity index (χ0v) is 10.3. The third kappa shape index (κ3) is 2.31. The van der Waals surface area contributed by atoms with Crippen LogP contribution in [0.25, 0.3) is 0 Å². The summed E-state index contributed by atoms with van der Waals surface area (Å²) in [5.41, 5.74) is 0.110. The molecule has 0 aliphatic carbocycles. The van der Waals surface area contributed by atoms with E-state index in [0.29, 0.717) is 6.54 Å². The van der Waals surface area contributed by atoms with E-state index in [4.69, 9.17) is 5.11 Å². The van der Waals surface area contributed by atoms with E-state index in [1.807, 2.05) is 24.3 Å². The van der Waals surface area contributed by atoms with Crippen LogP contribution in [0.15, 0.2) is 39.7 Å². The van der Waals surface area contributed by atoms with Crippen LogP contribution in [0.4, 0.5) is 0 Å². The van der Waals surface area contributed by atoms with E-state index >= 15 is 0 Å². The number of H-pyrrole nitrogens is 1. The van der Waals surface area contributed by atoms with Gasteiger partial charge in [-0.3, -0.25) is 4.79 Å². The molecular weight excluding hydrogens is 288 g/mol. The van der Waals surface area contributed by atoms with Crippen molar-refractivity contribution in [3.05, 3.63) is 56.4 Å². The van der Waals surface area contributed by atoms with E-state index < -0.39 is 11.5 Å². The van der Waals surface area contributed by atoms with Gasteiger partial charge in [0.05, 0.1) is 6.54 Å². The van der Waals surface area contributed by atoms with Crippen molar-refractivity contribution in [1.29, 1.82) is 0 Å². The Bertz CT molecular complexity index is 615. The van der Waals surface area contributed by atoms with Gasteiger partial charge in [0, 0.05) is 10.7 Å². The van der Waals surface area contributed by atoms with Crippen LogP contribution < -0.4 is 5.56 Å². The first-order valence-electron chi connectivity index (χ1n) is 4.84. The number of benzene rings is 1. The summed E-state index contributed by atoms with van der Waals surface area (Å²) in [6.45, 7) is 0.299. The molecule has 0 radical (unpaired) electrons. The monoisotopic (exact) mass is 296 g/mol. The lowest BCUT2D eigenvalue weighted by molar-refractivity contribution is 0.0695. The number of aromatic carboxylic acids is 1. The van der Waals surface area contributed by atoms with E-state index in [-0.39, 0.29) is 5.56 Å². The van der Waals surface area contributed by atoms with Crippen LogP contribution in [0.5, 0.6) is 0 Å². The second-order valence-electron chi connectivity index (χ2n) is 3.47. The van der Waals surface area contributed by atoms with Gasteiger partial charge in [-0.1, -0.05) is 34.1 Å². The number of carboxylic acids is 1. The number of nitrogens with one attached hydrogen (secondary N) is 1. The Labute approximate surface area is 105 Å². The van der Waals surface area contributed by atoms with Crippen molar-refractivity contribution in [1.82, 2.24) is 9.78 Å². The second-order valence-corrected chi connectivity index (χ2v) is 4.33. The van der Waals surface area contributed by atoms with Gasteiger partial charge in [-0.25, -0.2) is 9.48 Å². The minimum absolute atomic E-state index is 0.253. The molecule has 0 atom stereocenters. The third-order valence-corrected chi connectivity index (χ3v) is 3.13. The lowest BCUT2D eigenvalue weighted by atomic mass is 10.2. The summed E-state index contributed by atoms with van der Waals surface area (Å²) < 4.78 is 2.13. The number of carboxylic acid groups (broad SMARTS) is 1. The lowest BCUT2D eigenvalue weighted by Crippen LogP contribution is -2.22. The molecule has 1 aromatic heterocycles. The van der Waals surface area contributed by atoms with E-state index in [0.717, 1.165) is 10.0 Å². The highest BCUT2D eigenvalue weighted by Crippen LogP contribution is 2.16. The fraction of sp³-hybridized carbons (Fsp3) is 0.0909. The molecule has 5 nitrogen and oxygen atoms in total. The van der Waals surface area contributed by atoms with Crippen molar-refractivity contribution < 1.29 is 9.90 Å². The molecule has 2 rings (SSSR count). The molecule has 0 aliphatic heterocycles. The van der Waals surface area contributed by atoms with Crippen LogP contribution in [0.2, 0.25) is 0 Å². The second kappa shape index (κ2) is 4.58. The van der Waals surface area contributed by atoms with Gasteiger partial charge in [0.15, 0.2) is 0 Å². The topological polar surface area (TPSA) is 75.1 Å². The van der Waals surface area contributed by atoms with Crippen molar-refractivity contribution in [3.8, 4) is 0 Å². The first kappa shape index (κ1) is 11.7. The first-order valence-corrected chi connectivity index (χ1v) is 5.64. The van der Waals surface area contributed by atoms with Crippen LogP contribution in [0.1, 0.15) is 15.9 Å². The predicted octanol–water partition coefficient (Wildman–Crippen LogP) is 1.69. The highest BCUT2D eigenvalue weighted by Gasteiger charge is 2.13. The molecule has 88 valence electrons. The summed E-state index contributed by atoms with van der Waals surface area (Å²) in [7, 11) is 0. The highest BCUT2D eigenvalue weighted by atomic mass is 79.9. The maximum Gasteiger partial charge on any atom is 0.342 e. The molecule has 0 amide bonds. The number of carbonyl (C=O) groups is 1. The molecule has 2 N–H and O–H groups in total. The third-order valence-electron chi connectivity index (χ3n) is 2.36. The molecule has 0 unspecified atom stereocenters. The first-order chi connectivity index (χ1) is 8.09. The Morgan fingerprint density at radius 3 is 2.71 bits per heavy atom. The van der Waals surface area contributed by atoms with Gasteiger partial charge < -0.3 is 10.2 Å². The zero-order chi connectivity index (χ0) is 12.4. The molecule has 1 aromatic carbocycles. The van der Waals surface area contributed by atoms with Gasteiger partial charge in [0.1, 0.15) is 5.56 Å². The van der Waals surface area contributed by atoms with Crippen molar-refractivity contribution in [2.45, 2.75) is 6.54 Å². The van der Waals surface area contributed by atoms with Gasteiger partial charge in [0.25, 0.3) is 5.56 Å². The SMILES string of the molecule is O=C(O)c1c[nH]n(Cc2ccccc2Br)c1=O. The van der Waals surface area contributed by atoms with Crippen molar-refractivity contribution >= 4 is 21.9 Å². The minimum atomic E-state index is -1.22. The molecule has 0 fully saturated rings. The van der Waals surface area contributed by atoms with Crippen LogP contribution in [0, 0.1) is 0 Å². The number of aromatic nitrogens is 2. The standard InChI is InChI=1S/C11H9BrN2O3/c12-9-4-2-1-3-7(9)6-14-10(15)8(5-13-14)11(16)17/h1-5,13H,6H2,(H,16,17). The fourth-order valence-electron chi connectivity index (χ4n) is 1.48. The molecule has 0 spiro atoms. The van der Waals surface area contributed by atoms with Crippen molar-refractivity contribution in [3.63, 3.8) is 0 Å². The summed E-state index contributed by atoms with van der Waals surface area (Å²) in [5, 5.41) is 11.4. The molecule has 17 heavy (non-hydrogen) atoms. The van der Waals surface area contributed by atoms with E-state index in [2.05, 4.69) is 21.0 Å². The molecule has 0 saturated heterocycles. The van der Waals surface area contributed by atoms with Crippen LogP contribution in [-0.4, -0.2) is 20.9 Å². The van der Waals surface area contributed by atoms with Crippen LogP contribution >= 0.6 is 15.9 Å². The maximum absolute atomic E-state index is 11.7. The van der Waals surface area contributed by atoms with E-state index in [9.17, 15) is 9.59 Å². The quantitative estimate of drug-likeness (QED) is 0.905. The van der Waals surface area contributed by atoms with Gasteiger partial charge in [-0.05, 0) is 11.6 Å². The average Bonchev–Trinajstić information content (AvgIpc) is 2.64. The van der Waals surface area contributed by atoms with Crippen LogP contribution in [0.3, 0.4) is 0 Å².